The zero-order valence-corrected chi connectivity index (χ0v) is 10.6. The van der Waals surface area contributed by atoms with Crippen LogP contribution < -0.4 is 5.32 Å². The summed E-state index contributed by atoms with van der Waals surface area (Å²) in [7, 11) is 1.49. The maximum absolute atomic E-state index is 11.8. The largest absolute Gasteiger partial charge is 0.389 e. The van der Waals surface area contributed by atoms with E-state index >= 15 is 0 Å². The molecule has 2 unspecified atom stereocenters. The molecule has 1 saturated heterocycles. The Morgan fingerprint density at radius 1 is 1.61 bits per heavy atom. The van der Waals surface area contributed by atoms with Crippen LogP contribution in [-0.4, -0.2) is 60.8 Å². The first-order chi connectivity index (χ1) is 8.61. The van der Waals surface area contributed by atoms with Gasteiger partial charge in [-0.1, -0.05) is 0 Å². The van der Waals surface area contributed by atoms with Crippen LogP contribution >= 0.6 is 0 Å². The molecule has 18 heavy (non-hydrogen) atoms. The van der Waals surface area contributed by atoms with Crippen LogP contribution in [0.15, 0.2) is 0 Å². The molecule has 6 nitrogen and oxygen atoms in total. The number of rotatable bonds is 6. The molecule has 2 atom stereocenters. The van der Waals surface area contributed by atoms with Crippen molar-refractivity contribution >= 4 is 11.8 Å². The molecule has 1 saturated carbocycles. The highest BCUT2D eigenvalue weighted by molar-refractivity contribution is 5.89. The maximum atomic E-state index is 11.8. The Morgan fingerprint density at radius 2 is 2.33 bits per heavy atom. The number of ether oxygens (including phenoxy) is 1. The number of methoxy groups -OCH3 is 1. The normalized spacial score (nSPS) is 25.3. The third-order valence-corrected chi connectivity index (χ3v) is 3.39. The monoisotopic (exact) mass is 256 g/mol. The van der Waals surface area contributed by atoms with Crippen molar-refractivity contribution in [3.63, 3.8) is 0 Å². The van der Waals surface area contributed by atoms with Crippen LogP contribution in [0.5, 0.6) is 0 Å². The lowest BCUT2D eigenvalue weighted by Gasteiger charge is -2.16. The number of aliphatic hydroxyl groups is 1. The molecule has 2 amide bonds. The van der Waals surface area contributed by atoms with E-state index in [4.69, 9.17) is 4.74 Å². The van der Waals surface area contributed by atoms with Gasteiger partial charge in [0.2, 0.25) is 11.8 Å². The molecule has 2 rings (SSSR count). The first-order valence-corrected chi connectivity index (χ1v) is 6.36. The van der Waals surface area contributed by atoms with E-state index < -0.39 is 6.10 Å². The summed E-state index contributed by atoms with van der Waals surface area (Å²) in [5, 5.41) is 12.1. The Kier molecular flexibility index (Phi) is 4.19. The first kappa shape index (κ1) is 13.3. The molecular weight excluding hydrogens is 236 g/mol. The Bertz CT molecular complexity index is 330. The molecule has 1 heterocycles. The van der Waals surface area contributed by atoms with Crippen molar-refractivity contribution in [1.29, 1.82) is 0 Å². The zero-order valence-electron chi connectivity index (χ0n) is 10.6. The summed E-state index contributed by atoms with van der Waals surface area (Å²) in [6, 6.07) is 0.370. The third-order valence-electron chi connectivity index (χ3n) is 3.39. The highest BCUT2D eigenvalue weighted by Crippen LogP contribution is 2.32. The van der Waals surface area contributed by atoms with E-state index in [-0.39, 0.29) is 30.9 Å². The maximum Gasteiger partial charge on any atom is 0.225 e. The van der Waals surface area contributed by atoms with E-state index in [0.717, 1.165) is 12.8 Å². The minimum atomic E-state index is -0.699. The number of aliphatic hydroxyl groups excluding tert-OH is 1. The average molecular weight is 256 g/mol. The van der Waals surface area contributed by atoms with Crippen molar-refractivity contribution in [2.45, 2.75) is 31.4 Å². The van der Waals surface area contributed by atoms with E-state index in [1.807, 2.05) is 4.90 Å². The molecule has 1 aliphatic carbocycles. The Morgan fingerprint density at radius 3 is 2.94 bits per heavy atom. The van der Waals surface area contributed by atoms with Gasteiger partial charge >= 0.3 is 0 Å². The fraction of sp³-hybridized carbons (Fsp3) is 0.833. The quantitative estimate of drug-likeness (QED) is 0.647. The van der Waals surface area contributed by atoms with E-state index in [1.54, 1.807) is 0 Å². The van der Waals surface area contributed by atoms with Gasteiger partial charge in [0, 0.05) is 32.7 Å². The molecule has 0 aromatic heterocycles. The van der Waals surface area contributed by atoms with Crippen LogP contribution in [0.2, 0.25) is 0 Å². The highest BCUT2D eigenvalue weighted by atomic mass is 16.5. The molecule has 0 aromatic rings. The van der Waals surface area contributed by atoms with E-state index in [0.29, 0.717) is 19.0 Å². The number of carbonyl (C=O) groups is 2. The number of likely N-dealkylation sites (tertiary alicyclic amines) is 1. The van der Waals surface area contributed by atoms with Crippen molar-refractivity contribution in [3.8, 4) is 0 Å². The Hall–Kier alpha value is -1.14. The van der Waals surface area contributed by atoms with Crippen LogP contribution in [0.25, 0.3) is 0 Å². The lowest BCUT2D eigenvalue weighted by molar-refractivity contribution is -0.129. The lowest BCUT2D eigenvalue weighted by Crippen LogP contribution is -2.39. The topological polar surface area (TPSA) is 78.9 Å². The van der Waals surface area contributed by atoms with Crippen LogP contribution in [0.3, 0.4) is 0 Å². The van der Waals surface area contributed by atoms with E-state index in [2.05, 4.69) is 5.32 Å². The number of nitrogens with one attached hydrogen (secondary N) is 1. The number of carbonyl (C=O) groups excluding carboxylic acids is 2. The molecule has 0 spiro atoms. The van der Waals surface area contributed by atoms with E-state index in [1.165, 1.54) is 7.11 Å². The number of hydrogen-bond donors (Lipinski definition) is 2. The summed E-state index contributed by atoms with van der Waals surface area (Å²) in [5.41, 5.74) is 0. The van der Waals surface area contributed by atoms with Gasteiger partial charge in [0.1, 0.15) is 0 Å². The van der Waals surface area contributed by atoms with Crippen molar-refractivity contribution in [3.05, 3.63) is 0 Å². The van der Waals surface area contributed by atoms with Gasteiger partial charge in [0.25, 0.3) is 0 Å². The second-order valence-corrected chi connectivity index (χ2v) is 5.03. The van der Waals surface area contributed by atoms with Crippen LogP contribution in [0.1, 0.15) is 19.3 Å². The molecule has 0 aromatic carbocycles. The predicted octanol–water partition coefficient (Wildman–Crippen LogP) is -0.879. The summed E-state index contributed by atoms with van der Waals surface area (Å²) >= 11 is 0. The summed E-state index contributed by atoms with van der Waals surface area (Å²) in [6.45, 7) is 0.884. The number of hydrogen-bond acceptors (Lipinski definition) is 4. The minimum absolute atomic E-state index is 0.0788. The van der Waals surface area contributed by atoms with Crippen LogP contribution in [0, 0.1) is 5.92 Å². The molecule has 0 bridgehead atoms. The molecule has 2 aliphatic rings. The van der Waals surface area contributed by atoms with Crippen molar-refractivity contribution in [1.82, 2.24) is 10.2 Å². The highest BCUT2D eigenvalue weighted by Gasteiger charge is 2.41. The van der Waals surface area contributed by atoms with Gasteiger partial charge < -0.3 is 20.1 Å². The Labute approximate surface area is 106 Å². The molecule has 102 valence electrons. The van der Waals surface area contributed by atoms with Gasteiger partial charge in [-0.05, 0) is 12.8 Å². The molecule has 2 fully saturated rings. The van der Waals surface area contributed by atoms with Gasteiger partial charge in [-0.2, -0.15) is 0 Å². The summed E-state index contributed by atoms with van der Waals surface area (Å²) in [6.07, 6.45) is 1.72. The molecular formula is C12H20N2O4. The number of nitrogens with zero attached hydrogens (tertiary/aromatic N) is 1. The first-order valence-electron chi connectivity index (χ1n) is 6.36. The van der Waals surface area contributed by atoms with Gasteiger partial charge in [-0.3, -0.25) is 9.59 Å². The van der Waals surface area contributed by atoms with E-state index in [9.17, 15) is 14.7 Å². The second kappa shape index (κ2) is 5.67. The van der Waals surface area contributed by atoms with Gasteiger partial charge in [-0.25, -0.2) is 0 Å². The molecule has 6 heteroatoms. The Balaban J connectivity index is 1.74. The van der Waals surface area contributed by atoms with Gasteiger partial charge in [-0.15, -0.1) is 0 Å². The smallest absolute Gasteiger partial charge is 0.225 e. The summed E-state index contributed by atoms with van der Waals surface area (Å²) < 4.78 is 4.77. The van der Waals surface area contributed by atoms with Crippen molar-refractivity contribution in [2.24, 2.45) is 5.92 Å². The molecule has 2 N–H and O–H groups in total. The van der Waals surface area contributed by atoms with Crippen molar-refractivity contribution in [2.75, 3.05) is 26.8 Å². The third kappa shape index (κ3) is 3.20. The van der Waals surface area contributed by atoms with Gasteiger partial charge in [0.05, 0.1) is 18.6 Å². The average Bonchev–Trinajstić information content (AvgIpc) is 3.10. The standard InChI is InChI=1S/C12H20N2O4/c1-18-7-10(15)5-13-12(17)8-4-11(16)14(6-8)9-2-3-9/h8-10,15H,2-7H2,1H3,(H,13,17). The fourth-order valence-electron chi connectivity index (χ4n) is 2.26. The summed E-state index contributed by atoms with van der Waals surface area (Å²) in [4.78, 5) is 25.3. The van der Waals surface area contributed by atoms with Crippen molar-refractivity contribution < 1.29 is 19.4 Å². The molecule has 0 radical (unpaired) electrons. The number of amides is 2. The molecule has 1 aliphatic heterocycles. The summed E-state index contributed by atoms with van der Waals surface area (Å²) in [5.74, 6) is -0.343. The van der Waals surface area contributed by atoms with Gasteiger partial charge in [0.15, 0.2) is 0 Å². The van der Waals surface area contributed by atoms with Crippen LogP contribution in [-0.2, 0) is 14.3 Å². The zero-order chi connectivity index (χ0) is 13.1. The SMILES string of the molecule is COCC(O)CNC(=O)C1CC(=O)N(C2CC2)C1. The van der Waals surface area contributed by atoms with Crippen LogP contribution in [0.4, 0.5) is 0 Å². The fourth-order valence-corrected chi connectivity index (χ4v) is 2.26. The minimum Gasteiger partial charge on any atom is -0.389 e. The second-order valence-electron chi connectivity index (χ2n) is 5.03. The lowest BCUT2D eigenvalue weighted by atomic mass is 10.1. The predicted molar refractivity (Wildman–Crippen MR) is 63.7 cm³/mol.